The van der Waals surface area contributed by atoms with Gasteiger partial charge in [-0.15, -0.1) is 0 Å². The highest BCUT2D eigenvalue weighted by atomic mass is 16.5. The minimum atomic E-state index is 0.180. The second-order valence-electron chi connectivity index (χ2n) is 7.85. The van der Waals surface area contributed by atoms with E-state index in [0.717, 1.165) is 63.0 Å². The Labute approximate surface area is 181 Å². The number of fused-ring (bicyclic) bond motifs is 1. The van der Waals surface area contributed by atoms with E-state index in [2.05, 4.69) is 5.32 Å². The third-order valence-electron chi connectivity index (χ3n) is 6.32. The molecule has 2 aromatic rings. The van der Waals surface area contributed by atoms with E-state index in [1.54, 1.807) is 33.5 Å². The van der Waals surface area contributed by atoms with Gasteiger partial charge in [0, 0.05) is 25.2 Å². The van der Waals surface area contributed by atoms with Crippen molar-refractivity contribution < 1.29 is 23.8 Å². The predicted molar refractivity (Wildman–Crippen MR) is 115 cm³/mol. The number of hydrogen-bond acceptors (Lipinski definition) is 7. The van der Waals surface area contributed by atoms with Gasteiger partial charge in [-0.05, 0) is 37.3 Å². The maximum absolute atomic E-state index is 12.1. The van der Waals surface area contributed by atoms with Crippen molar-refractivity contribution in [1.29, 1.82) is 0 Å². The number of piperidine rings is 1. The number of aromatic nitrogens is 2. The summed E-state index contributed by atoms with van der Waals surface area (Å²) < 4.78 is 18.3. The Kier molecular flexibility index (Phi) is 6.01. The maximum Gasteiger partial charge on any atom is 0.209 e. The standard InChI is InChI=1S/C22H28N4O5/c1-29-18-10-15(11-19(30-2)21(18)31-3)20-16(12-27)22-23-7-4-17(26(22)24-20)14-5-8-25(13-28)9-6-14/h10-14,17,23H,4-9H2,1-3H3. The number of anilines is 1. The SMILES string of the molecule is COc1cc(-c2nn3c(c2C=O)NCCC3C2CCN(C=O)CC2)cc(OC)c1OC. The number of ether oxygens (including phenoxy) is 3. The summed E-state index contributed by atoms with van der Waals surface area (Å²) in [6.07, 6.45) is 4.55. The van der Waals surface area contributed by atoms with Crippen molar-refractivity contribution in [1.82, 2.24) is 14.7 Å². The zero-order valence-electron chi connectivity index (χ0n) is 18.1. The van der Waals surface area contributed by atoms with Crippen LogP contribution in [0.5, 0.6) is 17.2 Å². The Morgan fingerprint density at radius 1 is 1.03 bits per heavy atom. The molecule has 9 heteroatoms. The largest absolute Gasteiger partial charge is 0.493 e. The highest BCUT2D eigenvalue weighted by molar-refractivity contribution is 5.93. The third kappa shape index (κ3) is 3.68. The molecule has 1 N–H and O–H groups in total. The van der Waals surface area contributed by atoms with Crippen LogP contribution >= 0.6 is 0 Å². The summed E-state index contributed by atoms with van der Waals surface area (Å²) >= 11 is 0. The van der Waals surface area contributed by atoms with Crippen LogP contribution in [0.25, 0.3) is 11.3 Å². The summed E-state index contributed by atoms with van der Waals surface area (Å²) in [6, 6.07) is 3.79. The molecular weight excluding hydrogens is 400 g/mol. The van der Waals surface area contributed by atoms with E-state index in [1.165, 1.54) is 0 Å². The topological polar surface area (TPSA) is 94.9 Å². The minimum absolute atomic E-state index is 0.180. The fourth-order valence-corrected chi connectivity index (χ4v) is 4.71. The Morgan fingerprint density at radius 3 is 2.26 bits per heavy atom. The van der Waals surface area contributed by atoms with E-state index in [1.807, 2.05) is 9.58 Å². The lowest BCUT2D eigenvalue weighted by Crippen LogP contribution is -2.38. The molecule has 0 bridgehead atoms. The Balaban J connectivity index is 1.76. The maximum atomic E-state index is 12.1. The predicted octanol–water partition coefficient (Wildman–Crippen LogP) is 2.61. The second kappa shape index (κ2) is 8.87. The van der Waals surface area contributed by atoms with Gasteiger partial charge in [-0.2, -0.15) is 5.10 Å². The number of methoxy groups -OCH3 is 3. The first-order chi connectivity index (χ1) is 15.1. The summed E-state index contributed by atoms with van der Waals surface area (Å²) in [4.78, 5) is 25.0. The van der Waals surface area contributed by atoms with Gasteiger partial charge in [-0.25, -0.2) is 4.68 Å². The molecule has 1 saturated heterocycles. The van der Waals surface area contributed by atoms with Gasteiger partial charge >= 0.3 is 0 Å². The Bertz CT molecular complexity index is 940. The molecule has 31 heavy (non-hydrogen) atoms. The number of carbonyl (C=O) groups is 2. The van der Waals surface area contributed by atoms with Crippen molar-refractivity contribution in [2.75, 3.05) is 46.3 Å². The molecule has 9 nitrogen and oxygen atoms in total. The number of hydrogen-bond donors (Lipinski definition) is 1. The van der Waals surface area contributed by atoms with Crippen molar-refractivity contribution in [2.45, 2.75) is 25.3 Å². The lowest BCUT2D eigenvalue weighted by Gasteiger charge is -2.37. The van der Waals surface area contributed by atoms with E-state index in [4.69, 9.17) is 19.3 Å². The van der Waals surface area contributed by atoms with Gasteiger partial charge in [-0.3, -0.25) is 9.59 Å². The number of nitrogens with one attached hydrogen (secondary N) is 1. The van der Waals surface area contributed by atoms with E-state index in [9.17, 15) is 9.59 Å². The number of aldehydes is 1. The highest BCUT2D eigenvalue weighted by Gasteiger charge is 2.34. The summed E-state index contributed by atoms with van der Waals surface area (Å²) in [5.74, 6) is 2.65. The normalized spacial score (nSPS) is 18.7. The van der Waals surface area contributed by atoms with Crippen molar-refractivity contribution >= 4 is 18.5 Å². The van der Waals surface area contributed by atoms with Gasteiger partial charge in [0.15, 0.2) is 17.8 Å². The first-order valence-corrected chi connectivity index (χ1v) is 10.5. The molecule has 3 heterocycles. The van der Waals surface area contributed by atoms with Crippen LogP contribution < -0.4 is 19.5 Å². The molecular formula is C22H28N4O5. The number of carbonyl (C=O) groups excluding carboxylic acids is 2. The first-order valence-electron chi connectivity index (χ1n) is 10.5. The van der Waals surface area contributed by atoms with E-state index >= 15 is 0 Å². The fourth-order valence-electron chi connectivity index (χ4n) is 4.71. The zero-order chi connectivity index (χ0) is 22.0. The van der Waals surface area contributed by atoms with Crippen molar-refractivity contribution in [3.05, 3.63) is 17.7 Å². The quantitative estimate of drug-likeness (QED) is 0.678. The van der Waals surface area contributed by atoms with Gasteiger partial charge in [0.25, 0.3) is 0 Å². The third-order valence-corrected chi connectivity index (χ3v) is 6.32. The summed E-state index contributed by atoms with van der Waals surface area (Å²) in [5, 5.41) is 8.24. The van der Waals surface area contributed by atoms with Gasteiger partial charge in [-0.1, -0.05) is 0 Å². The second-order valence-corrected chi connectivity index (χ2v) is 7.85. The van der Waals surface area contributed by atoms with E-state index in [-0.39, 0.29) is 6.04 Å². The fraction of sp³-hybridized carbons (Fsp3) is 0.500. The molecule has 2 aliphatic rings. The number of amides is 1. The van der Waals surface area contributed by atoms with Gasteiger partial charge < -0.3 is 24.4 Å². The molecule has 2 aliphatic heterocycles. The lowest BCUT2D eigenvalue weighted by molar-refractivity contribution is -0.119. The first kappa shape index (κ1) is 21.0. The van der Waals surface area contributed by atoms with Crippen molar-refractivity contribution in [3.63, 3.8) is 0 Å². The molecule has 1 amide bonds. The zero-order valence-corrected chi connectivity index (χ0v) is 18.1. The molecule has 0 saturated carbocycles. The number of benzene rings is 1. The minimum Gasteiger partial charge on any atom is -0.493 e. The van der Waals surface area contributed by atoms with E-state index < -0.39 is 0 Å². The van der Waals surface area contributed by atoms with Crippen LogP contribution in [0.15, 0.2) is 12.1 Å². The molecule has 1 aromatic heterocycles. The molecule has 1 unspecified atom stereocenters. The molecule has 4 rings (SSSR count). The van der Waals surface area contributed by atoms with Crippen LogP contribution in [0, 0.1) is 5.92 Å². The number of rotatable bonds is 7. The van der Waals surface area contributed by atoms with Gasteiger partial charge in [0.05, 0.1) is 32.9 Å². The molecule has 0 spiro atoms. The van der Waals surface area contributed by atoms with Crippen LogP contribution in [-0.4, -0.2) is 68.3 Å². The number of likely N-dealkylation sites (tertiary alicyclic amines) is 1. The van der Waals surface area contributed by atoms with Gasteiger partial charge in [0.2, 0.25) is 12.2 Å². The van der Waals surface area contributed by atoms with Crippen LogP contribution in [-0.2, 0) is 4.79 Å². The average molecular weight is 428 g/mol. The smallest absolute Gasteiger partial charge is 0.209 e. The summed E-state index contributed by atoms with van der Waals surface area (Å²) in [6.45, 7) is 2.30. The monoisotopic (exact) mass is 428 g/mol. The lowest BCUT2D eigenvalue weighted by atomic mass is 9.87. The van der Waals surface area contributed by atoms with E-state index in [0.29, 0.717) is 34.4 Å². The summed E-state index contributed by atoms with van der Waals surface area (Å²) in [7, 11) is 4.67. The van der Waals surface area contributed by atoms with Crippen molar-refractivity contribution in [2.24, 2.45) is 5.92 Å². The molecule has 1 fully saturated rings. The molecule has 1 aromatic carbocycles. The molecule has 1 atom stereocenters. The van der Waals surface area contributed by atoms with Crippen LogP contribution in [0.2, 0.25) is 0 Å². The summed E-state index contributed by atoms with van der Waals surface area (Å²) in [5.41, 5.74) is 1.81. The van der Waals surface area contributed by atoms with Crippen LogP contribution in [0.1, 0.15) is 35.7 Å². The Hall–Kier alpha value is -3.23. The highest BCUT2D eigenvalue weighted by Crippen LogP contribution is 2.44. The van der Waals surface area contributed by atoms with Crippen molar-refractivity contribution in [3.8, 4) is 28.5 Å². The van der Waals surface area contributed by atoms with Gasteiger partial charge in [0.1, 0.15) is 11.5 Å². The van der Waals surface area contributed by atoms with Crippen LogP contribution in [0.3, 0.4) is 0 Å². The van der Waals surface area contributed by atoms with Crippen LogP contribution in [0.4, 0.5) is 5.82 Å². The Morgan fingerprint density at radius 2 is 1.71 bits per heavy atom. The molecule has 0 radical (unpaired) electrons. The molecule has 0 aliphatic carbocycles. The molecule has 166 valence electrons. The number of nitrogens with zero attached hydrogens (tertiary/aromatic N) is 3. The average Bonchev–Trinajstić information content (AvgIpc) is 3.21.